The molecule has 0 aliphatic carbocycles. The van der Waals surface area contributed by atoms with Gasteiger partial charge in [0.15, 0.2) is 0 Å². The fourth-order valence-electron chi connectivity index (χ4n) is 1.52. The molecule has 5 nitrogen and oxygen atoms in total. The molecular formula is C14H24N4O. The van der Waals surface area contributed by atoms with Crippen LogP contribution in [0.5, 0.6) is 0 Å². The van der Waals surface area contributed by atoms with Crippen molar-refractivity contribution in [2.24, 2.45) is 0 Å². The zero-order chi connectivity index (χ0) is 14.3. The molecule has 2 N–H and O–H groups in total. The third-order valence-corrected chi connectivity index (χ3v) is 2.47. The van der Waals surface area contributed by atoms with E-state index < -0.39 is 0 Å². The van der Waals surface area contributed by atoms with E-state index >= 15 is 0 Å². The molecule has 0 aromatic carbocycles. The van der Waals surface area contributed by atoms with Crippen LogP contribution < -0.4 is 10.6 Å². The summed E-state index contributed by atoms with van der Waals surface area (Å²) in [7, 11) is 0. The number of amides is 1. The van der Waals surface area contributed by atoms with Gasteiger partial charge in [-0.05, 0) is 27.2 Å². The Morgan fingerprint density at radius 2 is 1.84 bits per heavy atom. The monoisotopic (exact) mass is 264 g/mol. The van der Waals surface area contributed by atoms with Crippen molar-refractivity contribution in [1.29, 1.82) is 0 Å². The Morgan fingerprint density at radius 1 is 1.21 bits per heavy atom. The largest absolute Gasteiger partial charge is 0.352 e. The lowest BCUT2D eigenvalue weighted by Crippen LogP contribution is -2.28. The topological polar surface area (TPSA) is 66.9 Å². The van der Waals surface area contributed by atoms with Crippen LogP contribution in [0.25, 0.3) is 0 Å². The van der Waals surface area contributed by atoms with Crippen LogP contribution in [0.1, 0.15) is 57.3 Å². The first-order valence-electron chi connectivity index (χ1n) is 6.81. The lowest BCUT2D eigenvalue weighted by molar-refractivity contribution is 0.0952. The molecule has 0 spiro atoms. The summed E-state index contributed by atoms with van der Waals surface area (Å²) in [6.07, 6.45) is 6.39. The van der Waals surface area contributed by atoms with Crippen LogP contribution in [0.15, 0.2) is 12.4 Å². The van der Waals surface area contributed by atoms with Crippen LogP contribution in [0.4, 0.5) is 5.95 Å². The number of hydrogen-bond acceptors (Lipinski definition) is 4. The molecule has 0 saturated carbocycles. The Kier molecular flexibility index (Phi) is 5.73. The number of aromatic nitrogens is 2. The highest BCUT2D eigenvalue weighted by Crippen LogP contribution is 2.09. The first-order valence-corrected chi connectivity index (χ1v) is 6.81. The zero-order valence-corrected chi connectivity index (χ0v) is 12.3. The van der Waals surface area contributed by atoms with E-state index in [0.717, 1.165) is 19.3 Å². The summed E-state index contributed by atoms with van der Waals surface area (Å²) < 4.78 is 0. The summed E-state index contributed by atoms with van der Waals surface area (Å²) in [6, 6.07) is 0. The summed E-state index contributed by atoms with van der Waals surface area (Å²) in [5.41, 5.74) is 0.403. The smallest absolute Gasteiger partial charge is 0.254 e. The van der Waals surface area contributed by atoms with Crippen molar-refractivity contribution in [2.45, 2.75) is 52.5 Å². The maximum Gasteiger partial charge on any atom is 0.254 e. The fourth-order valence-corrected chi connectivity index (χ4v) is 1.52. The van der Waals surface area contributed by atoms with E-state index in [1.807, 2.05) is 20.8 Å². The quantitative estimate of drug-likeness (QED) is 0.775. The van der Waals surface area contributed by atoms with Crippen LogP contribution in [-0.2, 0) is 0 Å². The molecule has 0 radical (unpaired) electrons. The molecule has 0 atom stereocenters. The third kappa shape index (κ3) is 6.18. The van der Waals surface area contributed by atoms with Gasteiger partial charge in [-0.15, -0.1) is 0 Å². The molecule has 19 heavy (non-hydrogen) atoms. The zero-order valence-electron chi connectivity index (χ0n) is 12.3. The predicted molar refractivity (Wildman–Crippen MR) is 77.3 cm³/mol. The average molecular weight is 264 g/mol. The number of rotatable bonds is 6. The lowest BCUT2D eigenvalue weighted by Gasteiger charge is -2.20. The molecule has 0 aliphatic rings. The minimum Gasteiger partial charge on any atom is -0.352 e. The average Bonchev–Trinajstić information content (AvgIpc) is 2.33. The van der Waals surface area contributed by atoms with Crippen LogP contribution >= 0.6 is 0 Å². The number of nitrogens with one attached hydrogen (secondary N) is 2. The van der Waals surface area contributed by atoms with E-state index in [1.165, 1.54) is 0 Å². The van der Waals surface area contributed by atoms with Gasteiger partial charge in [-0.25, -0.2) is 9.97 Å². The number of nitrogens with zero attached hydrogens (tertiary/aromatic N) is 2. The van der Waals surface area contributed by atoms with E-state index in [1.54, 1.807) is 12.4 Å². The summed E-state index contributed by atoms with van der Waals surface area (Å²) in [4.78, 5) is 20.1. The van der Waals surface area contributed by atoms with Gasteiger partial charge in [0, 0.05) is 24.5 Å². The summed E-state index contributed by atoms with van der Waals surface area (Å²) in [5.74, 6) is 0.424. The molecule has 1 aromatic rings. The number of carbonyl (C=O) groups is 1. The van der Waals surface area contributed by atoms with Gasteiger partial charge in [-0.1, -0.05) is 19.8 Å². The SMILES string of the molecule is CCCCCNC(=O)c1cnc(NC(C)(C)C)nc1. The standard InChI is InChI=1S/C14H24N4O/c1-5-6-7-8-15-12(19)11-9-16-13(17-10-11)18-14(2,3)4/h9-10H,5-8H2,1-4H3,(H,15,19)(H,16,17,18). The van der Waals surface area contributed by atoms with Gasteiger partial charge >= 0.3 is 0 Å². The Morgan fingerprint density at radius 3 is 2.37 bits per heavy atom. The minimum absolute atomic E-state index is 0.0933. The van der Waals surface area contributed by atoms with Crippen molar-refractivity contribution in [3.05, 3.63) is 18.0 Å². The highest BCUT2D eigenvalue weighted by molar-refractivity contribution is 5.93. The first-order chi connectivity index (χ1) is 8.92. The van der Waals surface area contributed by atoms with Crippen LogP contribution in [0, 0.1) is 0 Å². The van der Waals surface area contributed by atoms with Crippen molar-refractivity contribution in [3.8, 4) is 0 Å². The Bertz CT molecular complexity index is 395. The minimum atomic E-state index is -0.113. The molecule has 1 heterocycles. The normalized spacial score (nSPS) is 11.2. The second-order valence-corrected chi connectivity index (χ2v) is 5.63. The predicted octanol–water partition coefficient (Wildman–Crippen LogP) is 2.61. The van der Waals surface area contributed by atoms with Gasteiger partial charge in [0.2, 0.25) is 5.95 Å². The van der Waals surface area contributed by atoms with Crippen molar-refractivity contribution >= 4 is 11.9 Å². The van der Waals surface area contributed by atoms with Crippen molar-refractivity contribution < 1.29 is 4.79 Å². The van der Waals surface area contributed by atoms with Crippen molar-refractivity contribution in [2.75, 3.05) is 11.9 Å². The van der Waals surface area contributed by atoms with Gasteiger partial charge in [0.25, 0.3) is 5.91 Å². The van der Waals surface area contributed by atoms with Gasteiger partial charge < -0.3 is 10.6 Å². The second kappa shape index (κ2) is 7.07. The fraction of sp³-hybridized carbons (Fsp3) is 0.643. The van der Waals surface area contributed by atoms with Crippen molar-refractivity contribution in [3.63, 3.8) is 0 Å². The molecule has 1 rings (SSSR count). The summed E-state index contributed by atoms with van der Waals surface area (Å²) in [5, 5.41) is 6.02. The summed E-state index contributed by atoms with van der Waals surface area (Å²) >= 11 is 0. The number of anilines is 1. The van der Waals surface area contributed by atoms with Gasteiger partial charge in [-0.3, -0.25) is 4.79 Å². The highest BCUT2D eigenvalue weighted by atomic mass is 16.1. The van der Waals surface area contributed by atoms with Gasteiger partial charge in [0.05, 0.1) is 5.56 Å². The van der Waals surface area contributed by atoms with Crippen LogP contribution in [-0.4, -0.2) is 28.0 Å². The Balaban J connectivity index is 2.49. The molecule has 1 aromatic heterocycles. The lowest BCUT2D eigenvalue weighted by atomic mass is 10.1. The molecule has 0 unspecified atom stereocenters. The molecule has 1 amide bonds. The molecular weight excluding hydrogens is 240 g/mol. The molecule has 5 heteroatoms. The third-order valence-electron chi connectivity index (χ3n) is 2.47. The number of hydrogen-bond donors (Lipinski definition) is 2. The van der Waals surface area contributed by atoms with Gasteiger partial charge in [-0.2, -0.15) is 0 Å². The maximum atomic E-state index is 11.8. The highest BCUT2D eigenvalue weighted by Gasteiger charge is 2.12. The Hall–Kier alpha value is -1.65. The van der Waals surface area contributed by atoms with Crippen LogP contribution in [0.2, 0.25) is 0 Å². The van der Waals surface area contributed by atoms with E-state index in [9.17, 15) is 4.79 Å². The number of unbranched alkanes of at least 4 members (excludes halogenated alkanes) is 2. The van der Waals surface area contributed by atoms with Gasteiger partial charge in [0.1, 0.15) is 0 Å². The van der Waals surface area contributed by atoms with Crippen LogP contribution in [0.3, 0.4) is 0 Å². The second-order valence-electron chi connectivity index (χ2n) is 5.63. The number of carbonyl (C=O) groups excluding carboxylic acids is 1. The molecule has 0 saturated heterocycles. The summed E-state index contributed by atoms with van der Waals surface area (Å²) in [6.45, 7) is 8.94. The maximum absolute atomic E-state index is 11.8. The molecule has 0 aliphatic heterocycles. The molecule has 106 valence electrons. The first kappa shape index (κ1) is 15.4. The Labute approximate surface area is 115 Å². The van der Waals surface area contributed by atoms with Crippen molar-refractivity contribution in [1.82, 2.24) is 15.3 Å². The molecule has 0 fully saturated rings. The van der Waals surface area contributed by atoms with E-state index in [-0.39, 0.29) is 11.4 Å². The molecule has 0 bridgehead atoms. The van der Waals surface area contributed by atoms with E-state index in [4.69, 9.17) is 0 Å². The van der Waals surface area contributed by atoms with E-state index in [2.05, 4.69) is 27.5 Å². The van der Waals surface area contributed by atoms with E-state index in [0.29, 0.717) is 18.1 Å².